The molecule has 1 aliphatic rings. The summed E-state index contributed by atoms with van der Waals surface area (Å²) < 4.78 is 1.76. The number of anilines is 1. The largest absolute Gasteiger partial charge is 0.371 e. The first-order valence-corrected chi connectivity index (χ1v) is 9.42. The van der Waals surface area contributed by atoms with Gasteiger partial charge in [-0.1, -0.05) is 18.2 Å². The van der Waals surface area contributed by atoms with Gasteiger partial charge in [0.15, 0.2) is 5.65 Å². The number of rotatable bonds is 4. The Labute approximate surface area is 159 Å². The van der Waals surface area contributed by atoms with E-state index in [9.17, 15) is 4.79 Å². The van der Waals surface area contributed by atoms with E-state index in [0.717, 1.165) is 41.9 Å². The predicted octanol–water partition coefficient (Wildman–Crippen LogP) is 2.84. The fraction of sp³-hybridized carbons (Fsp3) is 0.381. The van der Waals surface area contributed by atoms with Crippen molar-refractivity contribution in [2.45, 2.75) is 20.3 Å². The number of aryl methyl sites for hydroxylation is 3. The van der Waals surface area contributed by atoms with E-state index in [1.807, 2.05) is 33.0 Å². The molecule has 0 spiro atoms. The standard InChI is InChI=1S/C21H25N5O/c1-14-19(11-18-15(2)24-25(3)20(18)23-14)21(27)22-12-16-9-10-26(13-16)17-7-5-4-6-8-17/h4-8,11,16H,9-10,12-13H2,1-3H3,(H,22,27). The molecule has 6 heteroatoms. The molecule has 1 saturated heterocycles. The minimum Gasteiger partial charge on any atom is -0.371 e. The Morgan fingerprint density at radius 3 is 2.78 bits per heavy atom. The summed E-state index contributed by atoms with van der Waals surface area (Å²) in [6.45, 7) is 6.51. The van der Waals surface area contributed by atoms with Crippen molar-refractivity contribution in [2.24, 2.45) is 13.0 Å². The van der Waals surface area contributed by atoms with Crippen molar-refractivity contribution in [2.75, 3.05) is 24.5 Å². The highest BCUT2D eigenvalue weighted by atomic mass is 16.1. The molecule has 0 saturated carbocycles. The first kappa shape index (κ1) is 17.5. The Kier molecular flexibility index (Phi) is 4.56. The van der Waals surface area contributed by atoms with Crippen LogP contribution in [-0.2, 0) is 7.05 Å². The summed E-state index contributed by atoms with van der Waals surface area (Å²) in [4.78, 5) is 19.7. The van der Waals surface area contributed by atoms with Gasteiger partial charge in [-0.05, 0) is 44.4 Å². The number of para-hydroxylation sites is 1. The van der Waals surface area contributed by atoms with Crippen LogP contribution in [0.4, 0.5) is 5.69 Å². The van der Waals surface area contributed by atoms with Crippen LogP contribution in [-0.4, -0.2) is 40.3 Å². The third-order valence-corrected chi connectivity index (χ3v) is 5.39. The second-order valence-corrected chi connectivity index (χ2v) is 7.35. The molecule has 1 amide bonds. The van der Waals surface area contributed by atoms with E-state index in [-0.39, 0.29) is 5.91 Å². The van der Waals surface area contributed by atoms with Crippen LogP contribution in [0.1, 0.15) is 28.2 Å². The minimum absolute atomic E-state index is 0.0525. The molecule has 1 aromatic carbocycles. The van der Waals surface area contributed by atoms with Gasteiger partial charge in [-0.2, -0.15) is 5.10 Å². The van der Waals surface area contributed by atoms with Gasteiger partial charge in [0.25, 0.3) is 5.91 Å². The van der Waals surface area contributed by atoms with Crippen molar-refractivity contribution < 1.29 is 4.79 Å². The van der Waals surface area contributed by atoms with E-state index in [2.05, 4.69) is 44.6 Å². The van der Waals surface area contributed by atoms with Gasteiger partial charge in [-0.25, -0.2) is 4.98 Å². The summed E-state index contributed by atoms with van der Waals surface area (Å²) in [7, 11) is 1.88. The Bertz CT molecular complexity index is 979. The molecule has 3 aromatic rings. The van der Waals surface area contributed by atoms with Crippen molar-refractivity contribution in [3.05, 3.63) is 53.3 Å². The van der Waals surface area contributed by atoms with E-state index in [4.69, 9.17) is 0 Å². The zero-order chi connectivity index (χ0) is 19.0. The Morgan fingerprint density at radius 2 is 2.00 bits per heavy atom. The van der Waals surface area contributed by atoms with Crippen molar-refractivity contribution in [1.29, 1.82) is 0 Å². The van der Waals surface area contributed by atoms with E-state index in [0.29, 0.717) is 18.0 Å². The van der Waals surface area contributed by atoms with Crippen LogP contribution >= 0.6 is 0 Å². The number of nitrogens with zero attached hydrogens (tertiary/aromatic N) is 4. The Balaban J connectivity index is 1.42. The maximum atomic E-state index is 12.7. The van der Waals surface area contributed by atoms with Crippen LogP contribution in [0, 0.1) is 19.8 Å². The predicted molar refractivity (Wildman–Crippen MR) is 107 cm³/mol. The molecule has 1 unspecified atom stereocenters. The first-order valence-electron chi connectivity index (χ1n) is 9.42. The zero-order valence-electron chi connectivity index (χ0n) is 16.1. The summed E-state index contributed by atoms with van der Waals surface area (Å²) in [5.74, 6) is 0.412. The molecule has 3 heterocycles. The molecule has 1 fully saturated rings. The number of aromatic nitrogens is 3. The van der Waals surface area contributed by atoms with Gasteiger partial charge in [0.05, 0.1) is 17.0 Å². The van der Waals surface area contributed by atoms with Crippen molar-refractivity contribution in [3.63, 3.8) is 0 Å². The number of benzene rings is 1. The lowest BCUT2D eigenvalue weighted by Crippen LogP contribution is -2.31. The molecule has 6 nitrogen and oxygen atoms in total. The average molecular weight is 363 g/mol. The quantitative estimate of drug-likeness (QED) is 0.774. The van der Waals surface area contributed by atoms with Crippen LogP contribution in [0.2, 0.25) is 0 Å². The van der Waals surface area contributed by atoms with Crippen LogP contribution in [0.25, 0.3) is 11.0 Å². The third-order valence-electron chi connectivity index (χ3n) is 5.39. The number of hydrogen-bond acceptors (Lipinski definition) is 4. The maximum Gasteiger partial charge on any atom is 0.253 e. The number of hydrogen-bond donors (Lipinski definition) is 1. The second kappa shape index (κ2) is 7.02. The van der Waals surface area contributed by atoms with Gasteiger partial charge in [0.2, 0.25) is 0 Å². The van der Waals surface area contributed by atoms with E-state index in [1.54, 1.807) is 4.68 Å². The minimum atomic E-state index is -0.0525. The fourth-order valence-corrected chi connectivity index (χ4v) is 3.87. The van der Waals surface area contributed by atoms with Crippen molar-refractivity contribution >= 4 is 22.6 Å². The molecular weight excluding hydrogens is 338 g/mol. The Hall–Kier alpha value is -2.89. The van der Waals surface area contributed by atoms with Crippen LogP contribution in [0.3, 0.4) is 0 Å². The molecule has 1 aliphatic heterocycles. The number of amides is 1. The van der Waals surface area contributed by atoms with Gasteiger partial charge >= 0.3 is 0 Å². The lowest BCUT2D eigenvalue weighted by Gasteiger charge is -2.18. The summed E-state index contributed by atoms with van der Waals surface area (Å²) in [6.07, 6.45) is 1.09. The topological polar surface area (TPSA) is 63.1 Å². The molecule has 0 radical (unpaired) electrons. The number of nitrogens with one attached hydrogen (secondary N) is 1. The maximum absolute atomic E-state index is 12.7. The van der Waals surface area contributed by atoms with Crippen LogP contribution < -0.4 is 10.2 Å². The van der Waals surface area contributed by atoms with Gasteiger partial charge in [-0.3, -0.25) is 9.48 Å². The summed E-state index contributed by atoms with van der Waals surface area (Å²) in [5.41, 5.74) is 4.33. The van der Waals surface area contributed by atoms with E-state index >= 15 is 0 Å². The molecule has 1 atom stereocenters. The second-order valence-electron chi connectivity index (χ2n) is 7.35. The van der Waals surface area contributed by atoms with Crippen molar-refractivity contribution in [1.82, 2.24) is 20.1 Å². The monoisotopic (exact) mass is 363 g/mol. The molecule has 4 rings (SSSR count). The van der Waals surface area contributed by atoms with Crippen LogP contribution in [0.15, 0.2) is 36.4 Å². The number of pyridine rings is 1. The average Bonchev–Trinajstić information content (AvgIpc) is 3.25. The molecule has 0 aliphatic carbocycles. The highest BCUT2D eigenvalue weighted by Crippen LogP contribution is 2.23. The Morgan fingerprint density at radius 1 is 1.22 bits per heavy atom. The molecule has 140 valence electrons. The van der Waals surface area contributed by atoms with Gasteiger partial charge in [0, 0.05) is 37.8 Å². The molecular formula is C21H25N5O. The third kappa shape index (κ3) is 3.39. The fourth-order valence-electron chi connectivity index (χ4n) is 3.87. The first-order chi connectivity index (χ1) is 13.0. The summed E-state index contributed by atoms with van der Waals surface area (Å²) >= 11 is 0. The molecule has 27 heavy (non-hydrogen) atoms. The van der Waals surface area contributed by atoms with Gasteiger partial charge in [0.1, 0.15) is 0 Å². The van der Waals surface area contributed by atoms with Gasteiger partial charge in [-0.15, -0.1) is 0 Å². The molecule has 2 aromatic heterocycles. The lowest BCUT2D eigenvalue weighted by atomic mass is 10.1. The number of carbonyl (C=O) groups excluding carboxylic acids is 1. The molecule has 0 bridgehead atoms. The lowest BCUT2D eigenvalue weighted by molar-refractivity contribution is 0.0947. The summed E-state index contributed by atoms with van der Waals surface area (Å²) in [5, 5.41) is 8.44. The summed E-state index contributed by atoms with van der Waals surface area (Å²) in [6, 6.07) is 12.4. The van der Waals surface area contributed by atoms with E-state index < -0.39 is 0 Å². The highest BCUT2D eigenvalue weighted by molar-refractivity contribution is 5.98. The van der Waals surface area contributed by atoms with E-state index in [1.165, 1.54) is 5.69 Å². The number of fused-ring (bicyclic) bond motifs is 1. The number of carbonyl (C=O) groups is 1. The zero-order valence-corrected chi connectivity index (χ0v) is 16.1. The normalized spacial score (nSPS) is 16.9. The highest BCUT2D eigenvalue weighted by Gasteiger charge is 2.23. The smallest absolute Gasteiger partial charge is 0.253 e. The SMILES string of the molecule is Cc1nc2c(cc1C(=O)NCC1CCN(c3ccccc3)C1)c(C)nn2C. The van der Waals surface area contributed by atoms with Crippen molar-refractivity contribution in [3.8, 4) is 0 Å². The van der Waals surface area contributed by atoms with Crippen LogP contribution in [0.5, 0.6) is 0 Å². The molecule has 1 N–H and O–H groups in total. The van der Waals surface area contributed by atoms with Gasteiger partial charge < -0.3 is 10.2 Å².